The maximum atomic E-state index is 12.2. The van der Waals surface area contributed by atoms with E-state index in [2.05, 4.69) is 27.7 Å². The van der Waals surface area contributed by atoms with Gasteiger partial charge in [0, 0.05) is 10.2 Å². The highest BCUT2D eigenvalue weighted by molar-refractivity contribution is 6.27. The minimum absolute atomic E-state index is 0.0570. The number of rotatable bonds is 10. The zero-order valence-corrected chi connectivity index (χ0v) is 15.1. The highest BCUT2D eigenvalue weighted by Gasteiger charge is 2.37. The van der Waals surface area contributed by atoms with E-state index in [1.165, 1.54) is 25.7 Å². The molecule has 18 heavy (non-hydrogen) atoms. The number of carbonyl (C=O) groups is 1. The Bertz CT molecular complexity index is 231. The predicted molar refractivity (Wildman–Crippen MR) is 82.1 cm³/mol. The Kier molecular flexibility index (Phi) is 9.43. The van der Waals surface area contributed by atoms with Crippen LogP contribution in [-0.2, 0) is 9.53 Å². The monoisotopic (exact) mass is 272 g/mol. The largest absolute Gasteiger partial charge is 0.466 e. The molecule has 0 rings (SSSR count). The zero-order chi connectivity index (χ0) is 14.0. The van der Waals surface area contributed by atoms with Gasteiger partial charge < -0.3 is 4.74 Å². The molecule has 0 saturated carbocycles. The van der Waals surface area contributed by atoms with Crippen molar-refractivity contribution in [2.24, 2.45) is 5.92 Å². The fourth-order valence-electron chi connectivity index (χ4n) is 2.18. The average molecular weight is 273 g/mol. The quantitative estimate of drug-likeness (QED) is 0.346. The van der Waals surface area contributed by atoms with Crippen LogP contribution in [0.5, 0.6) is 0 Å². The van der Waals surface area contributed by atoms with Gasteiger partial charge in [-0.15, -0.1) is 0 Å². The first-order chi connectivity index (χ1) is 8.52. The number of unbranched alkanes of at least 4 members (excludes halogenated alkanes) is 4. The van der Waals surface area contributed by atoms with Gasteiger partial charge in [-0.3, -0.25) is 4.79 Å². The molecular formula is C15H32O2Si. The van der Waals surface area contributed by atoms with E-state index in [9.17, 15) is 4.79 Å². The SMILES string of the molecule is CCCCCCCOC(=O)C([SiH3])(CC)C(C)CC. The first kappa shape index (κ1) is 17.7. The Morgan fingerprint density at radius 3 is 2.28 bits per heavy atom. The summed E-state index contributed by atoms with van der Waals surface area (Å²) in [4.78, 5) is 12.2. The second-order valence-corrected chi connectivity index (χ2v) is 7.41. The van der Waals surface area contributed by atoms with Crippen LogP contribution in [0.15, 0.2) is 0 Å². The normalized spacial score (nSPS) is 16.2. The highest BCUT2D eigenvalue weighted by Crippen LogP contribution is 2.39. The Morgan fingerprint density at radius 1 is 1.17 bits per heavy atom. The first-order valence-electron chi connectivity index (χ1n) is 7.70. The summed E-state index contributed by atoms with van der Waals surface area (Å²) in [5.74, 6) is 0.503. The van der Waals surface area contributed by atoms with Crippen LogP contribution >= 0.6 is 0 Å². The lowest BCUT2D eigenvalue weighted by atomic mass is 9.88. The number of carbonyl (C=O) groups excluding carboxylic acids is 1. The molecule has 0 heterocycles. The van der Waals surface area contributed by atoms with E-state index >= 15 is 0 Å². The highest BCUT2D eigenvalue weighted by atomic mass is 28.1. The minimum atomic E-state index is -0.168. The van der Waals surface area contributed by atoms with Gasteiger partial charge in [-0.1, -0.05) is 59.8 Å². The Balaban J connectivity index is 3.98. The molecule has 2 nitrogen and oxygen atoms in total. The number of hydrogen-bond acceptors (Lipinski definition) is 2. The van der Waals surface area contributed by atoms with E-state index in [1.54, 1.807) is 0 Å². The molecule has 0 fully saturated rings. The van der Waals surface area contributed by atoms with Gasteiger partial charge in [0.25, 0.3) is 0 Å². The summed E-state index contributed by atoms with van der Waals surface area (Å²) in [6.07, 6.45) is 8.00. The van der Waals surface area contributed by atoms with Crippen molar-refractivity contribution in [2.45, 2.75) is 77.7 Å². The molecule has 108 valence electrons. The van der Waals surface area contributed by atoms with Crippen LogP contribution in [0.4, 0.5) is 0 Å². The maximum absolute atomic E-state index is 12.2. The molecule has 0 spiro atoms. The Morgan fingerprint density at radius 2 is 1.78 bits per heavy atom. The summed E-state index contributed by atoms with van der Waals surface area (Å²) in [6, 6.07) is 0. The summed E-state index contributed by atoms with van der Waals surface area (Å²) in [5, 5.41) is -0.168. The van der Waals surface area contributed by atoms with Crippen molar-refractivity contribution in [1.82, 2.24) is 0 Å². The van der Waals surface area contributed by atoms with Crippen molar-refractivity contribution in [2.75, 3.05) is 6.61 Å². The molecule has 2 unspecified atom stereocenters. The summed E-state index contributed by atoms with van der Waals surface area (Å²) < 4.78 is 5.50. The molecule has 3 heteroatoms. The topological polar surface area (TPSA) is 26.3 Å². The molecule has 0 aliphatic carbocycles. The minimum Gasteiger partial charge on any atom is -0.466 e. The van der Waals surface area contributed by atoms with E-state index in [0.717, 1.165) is 29.5 Å². The van der Waals surface area contributed by atoms with Crippen LogP contribution in [0.2, 0.25) is 5.04 Å². The van der Waals surface area contributed by atoms with E-state index in [0.29, 0.717) is 12.5 Å². The van der Waals surface area contributed by atoms with Crippen molar-refractivity contribution in [3.63, 3.8) is 0 Å². The molecule has 0 amide bonds. The van der Waals surface area contributed by atoms with Gasteiger partial charge in [0.1, 0.15) is 0 Å². The van der Waals surface area contributed by atoms with Crippen molar-refractivity contribution in [1.29, 1.82) is 0 Å². The standard InChI is InChI=1S/C15H32O2Si/c1-5-8-9-10-11-12-17-14(16)15(18,7-3)13(4)6-2/h13H,5-12H2,1-4,18H3. The van der Waals surface area contributed by atoms with Gasteiger partial charge in [-0.05, 0) is 18.8 Å². The third-order valence-corrected chi connectivity index (χ3v) is 6.48. The van der Waals surface area contributed by atoms with Gasteiger partial charge in [-0.25, -0.2) is 0 Å². The summed E-state index contributed by atoms with van der Waals surface area (Å²) >= 11 is 0. The molecule has 2 atom stereocenters. The molecule has 0 radical (unpaired) electrons. The Labute approximate surface area is 116 Å². The first-order valence-corrected chi connectivity index (χ1v) is 8.70. The fourth-order valence-corrected chi connectivity index (χ4v) is 2.73. The lowest BCUT2D eigenvalue weighted by Gasteiger charge is -2.31. The third kappa shape index (κ3) is 5.55. The van der Waals surface area contributed by atoms with Gasteiger partial charge in [0.2, 0.25) is 0 Å². The summed E-state index contributed by atoms with van der Waals surface area (Å²) in [5.41, 5.74) is 0. The fraction of sp³-hybridized carbons (Fsp3) is 0.933. The van der Waals surface area contributed by atoms with E-state index < -0.39 is 0 Å². The van der Waals surface area contributed by atoms with Crippen LogP contribution in [-0.4, -0.2) is 22.8 Å². The van der Waals surface area contributed by atoms with Crippen LogP contribution in [0.25, 0.3) is 0 Å². The van der Waals surface area contributed by atoms with Gasteiger partial charge in [0.05, 0.1) is 11.6 Å². The number of ether oxygens (including phenoxy) is 1. The third-order valence-electron chi connectivity index (χ3n) is 4.38. The zero-order valence-electron chi connectivity index (χ0n) is 13.1. The van der Waals surface area contributed by atoms with Crippen molar-refractivity contribution < 1.29 is 9.53 Å². The predicted octanol–water partition coefficient (Wildman–Crippen LogP) is 3.48. The van der Waals surface area contributed by atoms with Crippen molar-refractivity contribution >= 4 is 16.2 Å². The molecule has 0 aliphatic rings. The van der Waals surface area contributed by atoms with Gasteiger partial charge >= 0.3 is 5.97 Å². The molecule has 0 aromatic rings. The van der Waals surface area contributed by atoms with Crippen LogP contribution < -0.4 is 0 Å². The van der Waals surface area contributed by atoms with Crippen molar-refractivity contribution in [3.05, 3.63) is 0 Å². The second kappa shape index (κ2) is 9.60. The van der Waals surface area contributed by atoms with Crippen LogP contribution in [0.3, 0.4) is 0 Å². The molecule has 0 aromatic carbocycles. The van der Waals surface area contributed by atoms with Crippen LogP contribution in [0, 0.1) is 5.92 Å². The van der Waals surface area contributed by atoms with Gasteiger partial charge in [-0.2, -0.15) is 0 Å². The molecule has 0 aromatic heterocycles. The van der Waals surface area contributed by atoms with Gasteiger partial charge in [0.15, 0.2) is 0 Å². The molecular weight excluding hydrogens is 240 g/mol. The smallest absolute Gasteiger partial charge is 0.308 e. The number of esters is 1. The van der Waals surface area contributed by atoms with Crippen LogP contribution in [0.1, 0.15) is 72.6 Å². The van der Waals surface area contributed by atoms with E-state index in [-0.39, 0.29) is 11.0 Å². The molecule has 0 bridgehead atoms. The lowest BCUT2D eigenvalue weighted by Crippen LogP contribution is -2.32. The second-order valence-electron chi connectivity index (χ2n) is 5.63. The van der Waals surface area contributed by atoms with Crippen molar-refractivity contribution in [3.8, 4) is 0 Å². The summed E-state index contributed by atoms with van der Waals surface area (Å²) in [7, 11) is 0.892. The number of hydrogen-bond donors (Lipinski definition) is 0. The summed E-state index contributed by atoms with van der Waals surface area (Å²) in [6.45, 7) is 9.28. The van der Waals surface area contributed by atoms with E-state index in [4.69, 9.17) is 4.74 Å². The Hall–Kier alpha value is -0.313. The lowest BCUT2D eigenvalue weighted by molar-refractivity contribution is -0.149. The molecule has 0 saturated heterocycles. The molecule has 0 N–H and O–H groups in total. The van der Waals surface area contributed by atoms with E-state index in [1.807, 2.05) is 0 Å². The maximum Gasteiger partial charge on any atom is 0.308 e. The molecule has 0 aliphatic heterocycles. The average Bonchev–Trinajstić information content (AvgIpc) is 2.40.